The molecule has 0 bridgehead atoms. The van der Waals surface area contributed by atoms with Crippen LogP contribution in [0, 0.1) is 6.92 Å². The summed E-state index contributed by atoms with van der Waals surface area (Å²) in [5, 5.41) is 7.45. The Morgan fingerprint density at radius 1 is 1.30 bits per heavy atom. The highest BCUT2D eigenvalue weighted by molar-refractivity contribution is 7.98. The Balaban J connectivity index is 1.56. The van der Waals surface area contributed by atoms with Crippen LogP contribution >= 0.6 is 11.8 Å². The standard InChI is InChI=1S/C16H21N3O3S/c1-11-4-2-3-5-12(11)10-23-9-8-17-14(20)7-6-13-15(21)19-16(22)18-13/h2-5,13H,6-10H2,1H3,(H,17,20)(H2,18,19,21,22)/t13-/m1/s1. The lowest BCUT2D eigenvalue weighted by Gasteiger charge is -2.08. The zero-order valence-electron chi connectivity index (χ0n) is 13.1. The maximum absolute atomic E-state index is 11.7. The number of benzene rings is 1. The van der Waals surface area contributed by atoms with E-state index >= 15 is 0 Å². The minimum atomic E-state index is -0.594. The van der Waals surface area contributed by atoms with Crippen LogP contribution < -0.4 is 16.0 Å². The highest BCUT2D eigenvalue weighted by Crippen LogP contribution is 2.15. The maximum Gasteiger partial charge on any atom is 0.322 e. The number of carbonyl (C=O) groups excluding carboxylic acids is 3. The van der Waals surface area contributed by atoms with Crippen molar-refractivity contribution in [1.82, 2.24) is 16.0 Å². The molecule has 1 aromatic rings. The number of hydrogen-bond acceptors (Lipinski definition) is 4. The normalized spacial score (nSPS) is 16.8. The number of imide groups is 1. The summed E-state index contributed by atoms with van der Waals surface area (Å²) < 4.78 is 0. The Morgan fingerprint density at radius 3 is 2.78 bits per heavy atom. The van der Waals surface area contributed by atoms with Crippen LogP contribution in [0.15, 0.2) is 24.3 Å². The number of urea groups is 1. The first-order valence-corrected chi connectivity index (χ1v) is 8.72. The zero-order chi connectivity index (χ0) is 16.7. The van der Waals surface area contributed by atoms with Gasteiger partial charge in [0, 0.05) is 24.5 Å². The first kappa shape index (κ1) is 17.3. The predicted molar refractivity (Wildman–Crippen MR) is 90.0 cm³/mol. The molecule has 0 saturated carbocycles. The first-order chi connectivity index (χ1) is 11.1. The Labute approximate surface area is 139 Å². The summed E-state index contributed by atoms with van der Waals surface area (Å²) in [6, 6.07) is 7.17. The Bertz CT molecular complexity index is 592. The Hall–Kier alpha value is -2.02. The molecule has 2 rings (SSSR count). The fraction of sp³-hybridized carbons (Fsp3) is 0.438. The zero-order valence-corrected chi connectivity index (χ0v) is 13.9. The topological polar surface area (TPSA) is 87.3 Å². The number of rotatable bonds is 8. The summed E-state index contributed by atoms with van der Waals surface area (Å²) in [7, 11) is 0. The van der Waals surface area contributed by atoms with Crippen LogP contribution in [0.2, 0.25) is 0 Å². The van der Waals surface area contributed by atoms with E-state index in [1.54, 1.807) is 11.8 Å². The molecule has 7 heteroatoms. The Kier molecular flexibility index (Phi) is 6.46. The van der Waals surface area contributed by atoms with Crippen molar-refractivity contribution >= 4 is 29.6 Å². The second-order valence-electron chi connectivity index (χ2n) is 5.38. The number of carbonyl (C=O) groups is 3. The molecule has 124 valence electrons. The molecule has 0 radical (unpaired) electrons. The van der Waals surface area contributed by atoms with Crippen LogP contribution in [-0.2, 0) is 15.3 Å². The van der Waals surface area contributed by atoms with E-state index in [1.807, 2.05) is 12.1 Å². The summed E-state index contributed by atoms with van der Waals surface area (Å²) in [6.07, 6.45) is 0.542. The lowest BCUT2D eigenvalue weighted by Crippen LogP contribution is -2.32. The van der Waals surface area contributed by atoms with E-state index in [-0.39, 0.29) is 18.2 Å². The van der Waals surface area contributed by atoms with E-state index in [9.17, 15) is 14.4 Å². The van der Waals surface area contributed by atoms with Crippen molar-refractivity contribution in [3.8, 4) is 0 Å². The van der Waals surface area contributed by atoms with E-state index in [0.29, 0.717) is 13.0 Å². The minimum absolute atomic E-state index is 0.101. The molecule has 1 heterocycles. The van der Waals surface area contributed by atoms with Gasteiger partial charge < -0.3 is 10.6 Å². The summed E-state index contributed by atoms with van der Waals surface area (Å²) >= 11 is 1.77. The molecule has 0 unspecified atom stereocenters. The van der Waals surface area contributed by atoms with Gasteiger partial charge in [-0.05, 0) is 24.5 Å². The highest BCUT2D eigenvalue weighted by atomic mass is 32.2. The van der Waals surface area contributed by atoms with Crippen molar-refractivity contribution in [3.63, 3.8) is 0 Å². The molecule has 23 heavy (non-hydrogen) atoms. The summed E-state index contributed by atoms with van der Waals surface area (Å²) in [4.78, 5) is 34.0. The fourth-order valence-corrected chi connectivity index (χ4v) is 3.18. The van der Waals surface area contributed by atoms with Gasteiger partial charge in [0.25, 0.3) is 5.91 Å². The van der Waals surface area contributed by atoms with Crippen molar-refractivity contribution in [2.24, 2.45) is 0 Å². The van der Waals surface area contributed by atoms with E-state index < -0.39 is 12.1 Å². The molecule has 0 aromatic heterocycles. The Morgan fingerprint density at radius 2 is 2.09 bits per heavy atom. The van der Waals surface area contributed by atoms with Crippen molar-refractivity contribution in [2.75, 3.05) is 12.3 Å². The third-order valence-corrected chi connectivity index (χ3v) is 4.61. The molecule has 4 amide bonds. The van der Waals surface area contributed by atoms with Gasteiger partial charge in [-0.15, -0.1) is 0 Å². The number of aryl methyl sites for hydroxylation is 1. The second kappa shape index (κ2) is 8.57. The second-order valence-corrected chi connectivity index (χ2v) is 6.49. The van der Waals surface area contributed by atoms with Gasteiger partial charge in [-0.2, -0.15) is 11.8 Å². The molecule has 1 aliphatic rings. The third kappa shape index (κ3) is 5.59. The lowest BCUT2D eigenvalue weighted by molar-refractivity contribution is -0.122. The van der Waals surface area contributed by atoms with Crippen LogP contribution in [0.3, 0.4) is 0 Å². The quantitative estimate of drug-likeness (QED) is 0.494. The molecule has 6 nitrogen and oxygen atoms in total. The number of nitrogens with one attached hydrogen (secondary N) is 3. The molecule has 1 aliphatic heterocycles. The first-order valence-electron chi connectivity index (χ1n) is 7.56. The van der Waals surface area contributed by atoms with Gasteiger partial charge in [0.2, 0.25) is 5.91 Å². The largest absolute Gasteiger partial charge is 0.355 e. The minimum Gasteiger partial charge on any atom is -0.355 e. The molecule has 0 spiro atoms. The SMILES string of the molecule is Cc1ccccc1CSCCNC(=O)CC[C@H]1NC(=O)NC1=O. The molecular formula is C16H21N3O3S. The van der Waals surface area contributed by atoms with E-state index in [2.05, 4.69) is 35.0 Å². The lowest BCUT2D eigenvalue weighted by atomic mass is 10.1. The summed E-state index contributed by atoms with van der Waals surface area (Å²) in [6.45, 7) is 2.69. The molecule has 1 atom stereocenters. The monoisotopic (exact) mass is 335 g/mol. The van der Waals surface area contributed by atoms with Crippen molar-refractivity contribution < 1.29 is 14.4 Å². The van der Waals surface area contributed by atoms with Crippen molar-refractivity contribution in [1.29, 1.82) is 0 Å². The van der Waals surface area contributed by atoms with Gasteiger partial charge in [-0.1, -0.05) is 24.3 Å². The van der Waals surface area contributed by atoms with Crippen LogP contribution in [0.1, 0.15) is 24.0 Å². The summed E-state index contributed by atoms with van der Waals surface area (Å²) in [5.41, 5.74) is 2.59. The van der Waals surface area contributed by atoms with E-state index in [0.717, 1.165) is 11.5 Å². The van der Waals surface area contributed by atoms with Crippen LogP contribution in [0.4, 0.5) is 4.79 Å². The van der Waals surface area contributed by atoms with Crippen LogP contribution in [0.5, 0.6) is 0 Å². The molecule has 0 aliphatic carbocycles. The van der Waals surface area contributed by atoms with Gasteiger partial charge in [0.05, 0.1) is 0 Å². The van der Waals surface area contributed by atoms with Gasteiger partial charge >= 0.3 is 6.03 Å². The van der Waals surface area contributed by atoms with Gasteiger partial charge in [-0.25, -0.2) is 4.79 Å². The highest BCUT2D eigenvalue weighted by Gasteiger charge is 2.29. The molecular weight excluding hydrogens is 314 g/mol. The summed E-state index contributed by atoms with van der Waals surface area (Å²) in [5.74, 6) is 1.30. The van der Waals surface area contributed by atoms with Gasteiger partial charge in [0.15, 0.2) is 0 Å². The van der Waals surface area contributed by atoms with Crippen molar-refractivity contribution in [2.45, 2.75) is 31.6 Å². The van der Waals surface area contributed by atoms with Gasteiger partial charge in [-0.3, -0.25) is 14.9 Å². The molecule has 1 fully saturated rings. The predicted octanol–water partition coefficient (Wildman–Crippen LogP) is 1.33. The maximum atomic E-state index is 11.7. The average molecular weight is 335 g/mol. The van der Waals surface area contributed by atoms with E-state index in [1.165, 1.54) is 11.1 Å². The van der Waals surface area contributed by atoms with Gasteiger partial charge in [0.1, 0.15) is 6.04 Å². The molecule has 1 aromatic carbocycles. The van der Waals surface area contributed by atoms with E-state index in [4.69, 9.17) is 0 Å². The van der Waals surface area contributed by atoms with Crippen LogP contribution in [0.25, 0.3) is 0 Å². The molecule has 1 saturated heterocycles. The average Bonchev–Trinajstić information content (AvgIpc) is 2.84. The number of hydrogen-bond donors (Lipinski definition) is 3. The van der Waals surface area contributed by atoms with Crippen molar-refractivity contribution in [3.05, 3.63) is 35.4 Å². The van der Waals surface area contributed by atoms with Crippen LogP contribution in [-0.4, -0.2) is 36.2 Å². The molecule has 3 N–H and O–H groups in total. The smallest absolute Gasteiger partial charge is 0.322 e. The number of thioether (sulfide) groups is 1. The fourth-order valence-electron chi connectivity index (χ4n) is 2.24. The number of amides is 4. The third-order valence-electron chi connectivity index (χ3n) is 3.61.